The van der Waals surface area contributed by atoms with Crippen LogP contribution in [-0.2, 0) is 0 Å². The molecule has 3 aromatic carbocycles. The number of hydrogen-bond acceptors (Lipinski definition) is 3. The van der Waals surface area contributed by atoms with Crippen LogP contribution in [0, 0.1) is 29.2 Å². The van der Waals surface area contributed by atoms with Crippen LogP contribution < -0.4 is 14.2 Å². The van der Waals surface area contributed by atoms with Crippen molar-refractivity contribution in [1.29, 1.82) is 0 Å². The topological polar surface area (TPSA) is 27.7 Å². The number of alkyl halides is 2. The van der Waals surface area contributed by atoms with E-state index in [9.17, 15) is 26.3 Å². The van der Waals surface area contributed by atoms with E-state index in [1.165, 1.54) is 25.0 Å². The van der Waals surface area contributed by atoms with Crippen LogP contribution in [0.25, 0.3) is 11.1 Å². The average molecular weight is 567 g/mol. The highest BCUT2D eigenvalue weighted by molar-refractivity contribution is 5.67. The fourth-order valence-corrected chi connectivity index (χ4v) is 5.22. The summed E-state index contributed by atoms with van der Waals surface area (Å²) in [6, 6.07) is 10.4. The Bertz CT molecular complexity index is 1290. The van der Waals surface area contributed by atoms with E-state index in [0.717, 1.165) is 61.4 Å². The summed E-state index contributed by atoms with van der Waals surface area (Å²) in [4.78, 5) is 0. The fraction of sp³-hybridized carbons (Fsp3) is 0.419. The molecule has 0 aliphatic heterocycles. The maximum Gasteiger partial charge on any atom is 0.432 e. The quantitative estimate of drug-likeness (QED) is 0.216. The summed E-state index contributed by atoms with van der Waals surface area (Å²) in [5.41, 5.74) is -0.0930. The zero-order valence-corrected chi connectivity index (χ0v) is 22.4. The molecule has 4 rings (SSSR count). The van der Waals surface area contributed by atoms with Gasteiger partial charge in [-0.25, -0.2) is 8.78 Å². The van der Waals surface area contributed by atoms with Crippen molar-refractivity contribution in [3.63, 3.8) is 0 Å². The second-order valence-corrected chi connectivity index (χ2v) is 10.0. The number of halogens is 6. The Kier molecular flexibility index (Phi) is 9.53. The molecule has 0 spiro atoms. The number of benzene rings is 3. The molecule has 40 heavy (non-hydrogen) atoms. The van der Waals surface area contributed by atoms with Crippen LogP contribution in [0.3, 0.4) is 0 Å². The molecule has 1 saturated carbocycles. The van der Waals surface area contributed by atoms with Gasteiger partial charge in [-0.1, -0.05) is 31.9 Å². The second-order valence-electron chi connectivity index (χ2n) is 10.0. The van der Waals surface area contributed by atoms with Crippen molar-refractivity contribution in [2.45, 2.75) is 64.4 Å². The first kappa shape index (κ1) is 29.6. The third kappa shape index (κ3) is 6.85. The molecule has 0 N–H and O–H groups in total. The Labute approximate surface area is 230 Å². The zero-order valence-electron chi connectivity index (χ0n) is 22.4. The van der Waals surface area contributed by atoms with E-state index < -0.39 is 52.9 Å². The highest BCUT2D eigenvalue weighted by Crippen LogP contribution is 2.39. The maximum atomic E-state index is 14.7. The third-order valence-corrected chi connectivity index (χ3v) is 7.24. The second kappa shape index (κ2) is 12.9. The van der Waals surface area contributed by atoms with Gasteiger partial charge in [-0.15, -0.1) is 0 Å². The van der Waals surface area contributed by atoms with Gasteiger partial charge in [0.2, 0.25) is 11.6 Å². The lowest BCUT2D eigenvalue weighted by Crippen LogP contribution is -2.32. The van der Waals surface area contributed by atoms with Crippen LogP contribution in [0.15, 0.2) is 48.5 Å². The first-order valence-corrected chi connectivity index (χ1v) is 13.5. The average Bonchev–Trinajstić information content (AvgIpc) is 2.94. The number of ether oxygens (including phenoxy) is 3. The molecule has 0 aromatic heterocycles. The van der Waals surface area contributed by atoms with Crippen molar-refractivity contribution in [3.8, 4) is 28.4 Å². The molecular formula is C31H32F6O3. The molecule has 9 heteroatoms. The van der Waals surface area contributed by atoms with E-state index >= 15 is 0 Å². The van der Waals surface area contributed by atoms with Crippen LogP contribution >= 0.6 is 0 Å². The summed E-state index contributed by atoms with van der Waals surface area (Å²) in [6.07, 6.45) is 3.01. The lowest BCUT2D eigenvalue weighted by atomic mass is 9.77. The number of rotatable bonds is 11. The lowest BCUT2D eigenvalue weighted by molar-refractivity contribution is -0.195. The molecule has 3 nitrogen and oxygen atoms in total. The van der Waals surface area contributed by atoms with Gasteiger partial charge in [0.05, 0.1) is 6.61 Å². The van der Waals surface area contributed by atoms with E-state index in [4.69, 9.17) is 14.2 Å². The summed E-state index contributed by atoms with van der Waals surface area (Å²) in [7, 11) is 0. The van der Waals surface area contributed by atoms with Crippen molar-refractivity contribution in [2.75, 3.05) is 13.2 Å². The molecule has 3 aromatic rings. The first-order chi connectivity index (χ1) is 19.1. The largest absolute Gasteiger partial charge is 0.491 e. The number of hydrogen-bond donors (Lipinski definition) is 0. The molecule has 1 aliphatic carbocycles. The van der Waals surface area contributed by atoms with Crippen LogP contribution in [0.2, 0.25) is 0 Å². The highest BCUT2D eigenvalue weighted by Gasteiger charge is 2.34. The van der Waals surface area contributed by atoms with Gasteiger partial charge in [0.15, 0.2) is 29.7 Å². The van der Waals surface area contributed by atoms with Crippen molar-refractivity contribution in [3.05, 3.63) is 77.4 Å². The van der Waals surface area contributed by atoms with Crippen molar-refractivity contribution in [1.82, 2.24) is 0 Å². The Hall–Kier alpha value is -3.36. The van der Waals surface area contributed by atoms with Crippen molar-refractivity contribution < 1.29 is 40.6 Å². The molecule has 0 amide bonds. The Morgan fingerprint density at radius 3 is 1.77 bits per heavy atom. The third-order valence-electron chi connectivity index (χ3n) is 7.24. The van der Waals surface area contributed by atoms with Crippen LogP contribution in [-0.4, -0.2) is 19.3 Å². The summed E-state index contributed by atoms with van der Waals surface area (Å²) in [5, 5.41) is 0. The Balaban J connectivity index is 1.38. The molecule has 0 atom stereocenters. The van der Waals surface area contributed by atoms with Gasteiger partial charge >= 0.3 is 6.11 Å². The minimum atomic E-state index is -3.86. The van der Waals surface area contributed by atoms with Gasteiger partial charge in [0, 0.05) is 11.1 Å². The van der Waals surface area contributed by atoms with Gasteiger partial charge in [0.25, 0.3) is 0 Å². The molecule has 0 bridgehead atoms. The van der Waals surface area contributed by atoms with Gasteiger partial charge in [-0.2, -0.15) is 17.6 Å². The fourth-order valence-electron chi connectivity index (χ4n) is 5.22. The maximum absolute atomic E-state index is 14.7. The molecule has 0 saturated heterocycles. The Morgan fingerprint density at radius 1 is 0.700 bits per heavy atom. The van der Waals surface area contributed by atoms with Crippen LogP contribution in [0.1, 0.15) is 63.9 Å². The molecule has 0 heterocycles. The van der Waals surface area contributed by atoms with E-state index in [0.29, 0.717) is 5.92 Å². The molecule has 216 valence electrons. The van der Waals surface area contributed by atoms with Crippen molar-refractivity contribution in [2.24, 2.45) is 5.92 Å². The van der Waals surface area contributed by atoms with Gasteiger partial charge < -0.3 is 14.2 Å². The van der Waals surface area contributed by atoms with Crippen LogP contribution in [0.4, 0.5) is 26.3 Å². The molecule has 1 aliphatic rings. The van der Waals surface area contributed by atoms with Crippen LogP contribution in [0.5, 0.6) is 17.2 Å². The minimum absolute atomic E-state index is 0.0738. The lowest BCUT2D eigenvalue weighted by Gasteiger charge is -2.28. The van der Waals surface area contributed by atoms with E-state index in [1.807, 2.05) is 0 Å². The van der Waals surface area contributed by atoms with Gasteiger partial charge in [0.1, 0.15) is 5.75 Å². The molecular weight excluding hydrogens is 534 g/mol. The normalized spacial score (nSPS) is 17.5. The predicted octanol–water partition coefficient (Wildman–Crippen LogP) is 9.43. The molecule has 0 unspecified atom stereocenters. The Morgan fingerprint density at radius 2 is 1.25 bits per heavy atom. The monoisotopic (exact) mass is 566 g/mol. The summed E-state index contributed by atoms with van der Waals surface area (Å²) >= 11 is 0. The minimum Gasteiger partial charge on any atom is -0.491 e. The van der Waals surface area contributed by atoms with E-state index in [2.05, 4.69) is 6.92 Å². The predicted molar refractivity (Wildman–Crippen MR) is 140 cm³/mol. The standard InChI is InChI=1S/C31H32F6O3/c1-3-5-19-6-8-20(9-7-19)21-10-12-22(13-11-21)40-31(36,37)18-39-26-17-15-24(28(33)30(26)35)23-14-16-25(38-4-2)29(34)27(23)32/h10-17,19-20H,3-9,18H2,1-2H3. The first-order valence-electron chi connectivity index (χ1n) is 13.5. The SMILES string of the molecule is CCCC1CCC(c2ccc(OC(F)(F)COc3ccc(-c4ccc(OCC)c(F)c4F)c(F)c3F)cc2)CC1. The molecule has 0 radical (unpaired) electrons. The van der Waals surface area contributed by atoms with Crippen molar-refractivity contribution >= 4 is 0 Å². The zero-order chi connectivity index (χ0) is 28.9. The van der Waals surface area contributed by atoms with Gasteiger partial charge in [-0.3, -0.25) is 0 Å². The summed E-state index contributed by atoms with van der Waals surface area (Å²) < 4.78 is 102. The summed E-state index contributed by atoms with van der Waals surface area (Å²) in [5.74, 6) is -6.15. The van der Waals surface area contributed by atoms with E-state index in [-0.39, 0.29) is 18.1 Å². The van der Waals surface area contributed by atoms with E-state index in [1.54, 1.807) is 19.1 Å². The molecule has 1 fully saturated rings. The van der Waals surface area contributed by atoms with Gasteiger partial charge in [-0.05, 0) is 86.4 Å². The summed E-state index contributed by atoms with van der Waals surface area (Å²) in [6.45, 7) is 2.43. The highest BCUT2D eigenvalue weighted by atomic mass is 19.3. The smallest absolute Gasteiger partial charge is 0.432 e.